The van der Waals surface area contributed by atoms with E-state index in [0.717, 1.165) is 43.9 Å². The van der Waals surface area contributed by atoms with Crippen LogP contribution in [0.5, 0.6) is 0 Å². The Hall–Kier alpha value is -0.300. The summed E-state index contributed by atoms with van der Waals surface area (Å²) in [6.45, 7) is 7.52. The average Bonchev–Trinajstić information content (AvgIpc) is 2.57. The number of halogens is 3. The Morgan fingerprint density at radius 1 is 1.38 bits per heavy atom. The summed E-state index contributed by atoms with van der Waals surface area (Å²) in [4.78, 5) is 14.3. The first kappa shape index (κ1) is 20.0. The molecule has 24 heavy (non-hydrogen) atoms. The van der Waals surface area contributed by atoms with Gasteiger partial charge >= 0.3 is 0 Å². The van der Waals surface area contributed by atoms with E-state index in [-0.39, 0.29) is 23.0 Å². The van der Waals surface area contributed by atoms with Crippen molar-refractivity contribution in [1.82, 2.24) is 9.21 Å². The molecule has 134 valence electrons. The molecular formula is C17H23BrClFN2OS. The van der Waals surface area contributed by atoms with Gasteiger partial charge in [0.1, 0.15) is 11.7 Å². The van der Waals surface area contributed by atoms with Crippen molar-refractivity contribution in [3.63, 3.8) is 0 Å². The molecule has 1 aromatic carbocycles. The lowest BCUT2D eigenvalue weighted by Gasteiger charge is -2.54. The van der Waals surface area contributed by atoms with Gasteiger partial charge < -0.3 is 4.90 Å². The molecule has 3 nitrogen and oxygen atoms in total. The van der Waals surface area contributed by atoms with Crippen LogP contribution in [-0.4, -0.2) is 47.2 Å². The van der Waals surface area contributed by atoms with Crippen molar-refractivity contribution < 1.29 is 9.18 Å². The maximum Gasteiger partial charge on any atom is 0.237 e. The van der Waals surface area contributed by atoms with Gasteiger partial charge in [-0.05, 0) is 58.9 Å². The predicted molar refractivity (Wildman–Crippen MR) is 102 cm³/mol. The van der Waals surface area contributed by atoms with Gasteiger partial charge in [-0.25, -0.2) is 8.70 Å². The van der Waals surface area contributed by atoms with Gasteiger partial charge in [-0.3, -0.25) is 4.79 Å². The highest BCUT2D eigenvalue weighted by Gasteiger charge is 2.47. The third-order valence-corrected chi connectivity index (χ3v) is 6.18. The third kappa shape index (κ3) is 4.65. The molecule has 2 heterocycles. The molecule has 0 N–H and O–H groups in total. The normalized spacial score (nSPS) is 19.5. The highest BCUT2D eigenvalue weighted by atomic mass is 79.9. The van der Waals surface area contributed by atoms with Gasteiger partial charge in [0.2, 0.25) is 5.91 Å². The van der Waals surface area contributed by atoms with Gasteiger partial charge in [0, 0.05) is 36.5 Å². The minimum Gasteiger partial charge on any atom is -0.340 e. The zero-order valence-corrected chi connectivity index (χ0v) is 17.2. The van der Waals surface area contributed by atoms with Crippen molar-refractivity contribution >= 4 is 45.4 Å². The van der Waals surface area contributed by atoms with Crippen molar-refractivity contribution in [2.45, 2.75) is 31.6 Å². The summed E-state index contributed by atoms with van der Waals surface area (Å²) < 4.78 is 16.4. The van der Waals surface area contributed by atoms with Crippen LogP contribution in [0.15, 0.2) is 27.6 Å². The molecule has 1 spiro atoms. The Kier molecular flexibility index (Phi) is 7.40. The summed E-state index contributed by atoms with van der Waals surface area (Å²) in [6, 6.07) is 5.21. The van der Waals surface area contributed by atoms with E-state index in [1.54, 1.807) is 24.1 Å². The molecule has 2 saturated heterocycles. The molecule has 7 heteroatoms. The Morgan fingerprint density at radius 2 is 2.08 bits per heavy atom. The van der Waals surface area contributed by atoms with Crippen LogP contribution in [0.2, 0.25) is 0 Å². The molecule has 0 unspecified atom stereocenters. The van der Waals surface area contributed by atoms with Gasteiger partial charge in [-0.1, -0.05) is 13.8 Å². The lowest BCUT2D eigenvalue weighted by molar-refractivity contribution is -0.142. The summed E-state index contributed by atoms with van der Waals surface area (Å²) in [5, 5.41) is 0. The zero-order valence-electron chi connectivity index (χ0n) is 14.0. The van der Waals surface area contributed by atoms with Crippen LogP contribution < -0.4 is 0 Å². The van der Waals surface area contributed by atoms with E-state index in [1.807, 2.05) is 24.8 Å². The van der Waals surface area contributed by atoms with E-state index in [0.29, 0.717) is 4.47 Å². The van der Waals surface area contributed by atoms with Gasteiger partial charge in [-0.15, -0.1) is 11.6 Å². The minimum atomic E-state index is -0.237. The highest BCUT2D eigenvalue weighted by molar-refractivity contribution is 9.10. The summed E-state index contributed by atoms with van der Waals surface area (Å²) in [5.41, 5.74) is 0.195. The van der Waals surface area contributed by atoms with E-state index in [4.69, 9.17) is 11.6 Å². The lowest BCUT2D eigenvalue weighted by atomic mass is 9.74. The lowest BCUT2D eigenvalue weighted by Crippen LogP contribution is -2.63. The number of benzene rings is 1. The van der Waals surface area contributed by atoms with Crippen LogP contribution in [-0.2, 0) is 4.79 Å². The molecule has 0 saturated carbocycles. The van der Waals surface area contributed by atoms with Gasteiger partial charge in [-0.2, -0.15) is 0 Å². The van der Waals surface area contributed by atoms with Crippen molar-refractivity contribution in [1.29, 1.82) is 0 Å². The largest absolute Gasteiger partial charge is 0.340 e. The number of carbonyl (C=O) groups is 1. The molecule has 0 atom stereocenters. The Morgan fingerprint density at radius 3 is 2.71 bits per heavy atom. The van der Waals surface area contributed by atoms with Crippen molar-refractivity contribution in [3.8, 4) is 0 Å². The quantitative estimate of drug-likeness (QED) is 0.502. The second kappa shape index (κ2) is 8.88. The van der Waals surface area contributed by atoms with Crippen molar-refractivity contribution in [3.05, 3.63) is 28.5 Å². The fourth-order valence-corrected chi connectivity index (χ4v) is 4.76. The molecule has 0 aromatic heterocycles. The first-order chi connectivity index (χ1) is 11.5. The molecule has 2 fully saturated rings. The molecule has 0 aliphatic carbocycles. The van der Waals surface area contributed by atoms with Gasteiger partial charge in [0.25, 0.3) is 0 Å². The summed E-state index contributed by atoms with van der Waals surface area (Å²) in [6.07, 6.45) is 2.25. The fraction of sp³-hybridized carbons (Fsp3) is 0.588. The van der Waals surface area contributed by atoms with Gasteiger partial charge in [0.15, 0.2) is 0 Å². The first-order valence-electron chi connectivity index (χ1n) is 8.23. The third-order valence-electron chi connectivity index (χ3n) is 4.27. The topological polar surface area (TPSA) is 23.6 Å². The molecule has 1 amide bonds. The standard InChI is InChI=1S/C15H17BrClFN2OS.C2H6/c16-12-3-2-11(6-13(12)18)22-20-5-1-4-15(10-20)8-19(9-15)14(21)7-17;1-2/h2-3,6H,1,4-5,7-10H2;1-2H3. The number of nitrogens with zero attached hydrogens (tertiary/aromatic N) is 2. The number of hydrogen-bond acceptors (Lipinski definition) is 3. The monoisotopic (exact) mass is 436 g/mol. The number of alkyl halides is 1. The fourth-order valence-electron chi connectivity index (χ4n) is 3.21. The van der Waals surface area contributed by atoms with E-state index in [2.05, 4.69) is 20.2 Å². The number of rotatable bonds is 3. The van der Waals surface area contributed by atoms with Crippen LogP contribution in [0.3, 0.4) is 0 Å². The van der Waals surface area contributed by atoms with E-state index in [9.17, 15) is 9.18 Å². The second-order valence-corrected chi connectivity index (χ2v) is 8.31. The van der Waals surface area contributed by atoms with Crippen LogP contribution in [0.4, 0.5) is 4.39 Å². The van der Waals surface area contributed by atoms with E-state index < -0.39 is 0 Å². The molecule has 2 aliphatic heterocycles. The number of carbonyl (C=O) groups excluding carboxylic acids is 1. The Bertz CT molecular complexity index is 584. The minimum absolute atomic E-state index is 0.0204. The molecule has 1 aromatic rings. The number of hydrogen-bond donors (Lipinski definition) is 0. The SMILES string of the molecule is CC.O=C(CCl)N1CC2(CCCN(Sc3ccc(Br)c(F)c3)C2)C1. The Balaban J connectivity index is 0.00000100. The van der Waals surface area contributed by atoms with Gasteiger partial charge in [0.05, 0.1) is 4.47 Å². The maximum atomic E-state index is 13.6. The summed E-state index contributed by atoms with van der Waals surface area (Å²) in [5.74, 6) is -0.154. The molecule has 2 aliphatic rings. The van der Waals surface area contributed by atoms with Crippen molar-refractivity contribution in [2.24, 2.45) is 5.41 Å². The van der Waals surface area contributed by atoms with Crippen LogP contribution >= 0.6 is 39.5 Å². The molecule has 3 rings (SSSR count). The zero-order chi connectivity index (χ0) is 17.7. The predicted octanol–water partition coefficient (Wildman–Crippen LogP) is 4.78. The Labute approximate surface area is 161 Å². The number of piperidine rings is 1. The average molecular weight is 438 g/mol. The summed E-state index contributed by atoms with van der Waals surface area (Å²) in [7, 11) is 0. The van der Waals surface area contributed by atoms with E-state index >= 15 is 0 Å². The van der Waals surface area contributed by atoms with Crippen LogP contribution in [0.1, 0.15) is 26.7 Å². The van der Waals surface area contributed by atoms with Crippen LogP contribution in [0, 0.1) is 11.2 Å². The maximum absolute atomic E-state index is 13.6. The molecular weight excluding hydrogens is 415 g/mol. The smallest absolute Gasteiger partial charge is 0.237 e. The number of amides is 1. The summed E-state index contributed by atoms with van der Waals surface area (Å²) >= 11 is 10.4. The number of likely N-dealkylation sites (tertiary alicyclic amines) is 1. The second-order valence-electron chi connectivity index (χ2n) is 6.02. The van der Waals surface area contributed by atoms with Crippen molar-refractivity contribution in [2.75, 3.05) is 32.1 Å². The molecule has 0 radical (unpaired) electrons. The molecule has 0 bridgehead atoms. The first-order valence-corrected chi connectivity index (χ1v) is 10.3. The van der Waals surface area contributed by atoms with E-state index in [1.165, 1.54) is 0 Å². The highest BCUT2D eigenvalue weighted by Crippen LogP contribution is 2.42. The van der Waals surface area contributed by atoms with Crippen LogP contribution in [0.25, 0.3) is 0 Å².